The van der Waals surface area contributed by atoms with Crippen LogP contribution in [0.5, 0.6) is 0 Å². The summed E-state index contributed by atoms with van der Waals surface area (Å²) < 4.78 is 25.6. The Labute approximate surface area is 122 Å². The average Bonchev–Trinajstić information content (AvgIpc) is 2.33. The zero-order valence-electron chi connectivity index (χ0n) is 10.9. The van der Waals surface area contributed by atoms with Crippen LogP contribution in [-0.2, 0) is 10.0 Å². The van der Waals surface area contributed by atoms with Crippen molar-refractivity contribution in [2.75, 3.05) is 18.8 Å². The van der Waals surface area contributed by atoms with Gasteiger partial charge in [0, 0.05) is 23.1 Å². The molecular formula is C12H17BrN2O3S. The highest BCUT2D eigenvalue weighted by Gasteiger charge is 2.08. The molecule has 0 saturated carbocycles. The summed E-state index contributed by atoms with van der Waals surface area (Å²) in [6, 6.07) is 5.40. The van der Waals surface area contributed by atoms with Crippen molar-refractivity contribution in [3.05, 3.63) is 33.8 Å². The van der Waals surface area contributed by atoms with E-state index in [2.05, 4.69) is 26.0 Å². The van der Waals surface area contributed by atoms with Gasteiger partial charge in [0.15, 0.2) is 0 Å². The number of halogens is 1. The van der Waals surface area contributed by atoms with Crippen molar-refractivity contribution in [3.8, 4) is 0 Å². The number of hydrogen-bond acceptors (Lipinski definition) is 3. The molecule has 7 heteroatoms. The molecule has 1 aromatic rings. The second kappa shape index (κ2) is 7.02. The second-order valence-corrected chi connectivity index (χ2v) is 7.08. The van der Waals surface area contributed by atoms with Crippen LogP contribution in [0.4, 0.5) is 0 Å². The zero-order chi connectivity index (χ0) is 14.5. The number of benzene rings is 1. The van der Waals surface area contributed by atoms with Gasteiger partial charge in [-0.2, -0.15) is 0 Å². The molecule has 106 valence electrons. The highest BCUT2D eigenvalue weighted by Crippen LogP contribution is 2.15. The molecule has 1 aromatic carbocycles. The number of carbonyl (C=O) groups is 1. The maximum Gasteiger partial charge on any atom is 0.251 e. The molecule has 0 unspecified atom stereocenters. The summed E-state index contributed by atoms with van der Waals surface area (Å²) in [4.78, 5) is 11.8. The lowest BCUT2D eigenvalue weighted by atomic mass is 10.1. The number of sulfonamides is 1. The van der Waals surface area contributed by atoms with Gasteiger partial charge in [0.1, 0.15) is 0 Å². The van der Waals surface area contributed by atoms with E-state index in [1.807, 2.05) is 13.0 Å². The fourth-order valence-corrected chi connectivity index (χ4v) is 2.68. The van der Waals surface area contributed by atoms with Crippen LogP contribution in [0, 0.1) is 6.92 Å². The smallest absolute Gasteiger partial charge is 0.251 e. The Kier molecular flexibility index (Phi) is 5.96. The van der Waals surface area contributed by atoms with Crippen molar-refractivity contribution < 1.29 is 13.2 Å². The quantitative estimate of drug-likeness (QED) is 0.763. The third kappa shape index (κ3) is 5.71. The van der Waals surface area contributed by atoms with E-state index in [1.165, 1.54) is 0 Å². The van der Waals surface area contributed by atoms with E-state index in [1.54, 1.807) is 19.1 Å². The highest BCUT2D eigenvalue weighted by atomic mass is 79.9. The first-order valence-corrected chi connectivity index (χ1v) is 8.31. The average molecular weight is 349 g/mol. The van der Waals surface area contributed by atoms with Gasteiger partial charge in [-0.3, -0.25) is 4.79 Å². The van der Waals surface area contributed by atoms with Gasteiger partial charge in [-0.05, 0) is 37.6 Å². The Balaban J connectivity index is 2.48. The van der Waals surface area contributed by atoms with Gasteiger partial charge in [-0.15, -0.1) is 0 Å². The van der Waals surface area contributed by atoms with E-state index in [-0.39, 0.29) is 24.7 Å². The zero-order valence-corrected chi connectivity index (χ0v) is 13.3. The monoisotopic (exact) mass is 348 g/mol. The normalized spacial score (nSPS) is 11.3. The largest absolute Gasteiger partial charge is 0.351 e. The predicted molar refractivity (Wildman–Crippen MR) is 78.7 cm³/mol. The SMILES string of the molecule is CCS(=O)(=O)NCCNC(=O)c1cc(C)cc(Br)c1. The maximum absolute atomic E-state index is 11.8. The minimum Gasteiger partial charge on any atom is -0.351 e. The lowest BCUT2D eigenvalue weighted by Crippen LogP contribution is -2.35. The van der Waals surface area contributed by atoms with Gasteiger partial charge in [0.2, 0.25) is 10.0 Å². The molecule has 0 aliphatic rings. The maximum atomic E-state index is 11.8. The predicted octanol–water partition coefficient (Wildman–Crippen LogP) is 1.43. The standard InChI is InChI=1S/C12H17BrN2O3S/c1-3-19(17,18)15-5-4-14-12(16)10-6-9(2)7-11(13)8-10/h6-8,15H,3-5H2,1-2H3,(H,14,16). The Hall–Kier alpha value is -0.920. The van der Waals surface area contributed by atoms with Gasteiger partial charge < -0.3 is 5.32 Å². The van der Waals surface area contributed by atoms with Crippen LogP contribution in [0.25, 0.3) is 0 Å². The molecule has 19 heavy (non-hydrogen) atoms. The number of aryl methyl sites for hydroxylation is 1. The summed E-state index contributed by atoms with van der Waals surface area (Å²) in [6.45, 7) is 3.90. The first-order valence-electron chi connectivity index (χ1n) is 5.87. The van der Waals surface area contributed by atoms with Crippen molar-refractivity contribution >= 4 is 31.9 Å². The molecule has 0 bridgehead atoms. The molecule has 1 amide bonds. The van der Waals surface area contributed by atoms with Crippen molar-refractivity contribution in [1.82, 2.24) is 10.0 Å². The third-order valence-electron chi connectivity index (χ3n) is 2.42. The fourth-order valence-electron chi connectivity index (χ4n) is 1.45. The number of hydrogen-bond donors (Lipinski definition) is 2. The van der Waals surface area contributed by atoms with Crippen molar-refractivity contribution in [2.45, 2.75) is 13.8 Å². The number of carbonyl (C=O) groups excluding carboxylic acids is 1. The topological polar surface area (TPSA) is 75.3 Å². The molecule has 0 radical (unpaired) electrons. The molecule has 5 nitrogen and oxygen atoms in total. The minimum atomic E-state index is -3.20. The molecule has 0 aromatic heterocycles. The number of rotatable bonds is 6. The second-order valence-electron chi connectivity index (χ2n) is 4.07. The molecule has 2 N–H and O–H groups in total. The van der Waals surface area contributed by atoms with Gasteiger partial charge in [-0.25, -0.2) is 13.1 Å². The van der Waals surface area contributed by atoms with Crippen LogP contribution in [-0.4, -0.2) is 33.2 Å². The van der Waals surface area contributed by atoms with Crippen LogP contribution < -0.4 is 10.0 Å². The Morgan fingerprint density at radius 1 is 1.26 bits per heavy atom. The van der Waals surface area contributed by atoms with E-state index >= 15 is 0 Å². The van der Waals surface area contributed by atoms with Crippen LogP contribution >= 0.6 is 15.9 Å². The molecule has 0 atom stereocenters. The first kappa shape index (κ1) is 16.1. The molecule has 0 saturated heterocycles. The molecule has 1 rings (SSSR count). The van der Waals surface area contributed by atoms with Crippen LogP contribution in [0.1, 0.15) is 22.8 Å². The van der Waals surface area contributed by atoms with E-state index in [9.17, 15) is 13.2 Å². The Morgan fingerprint density at radius 2 is 1.95 bits per heavy atom. The lowest BCUT2D eigenvalue weighted by Gasteiger charge is -2.07. The van der Waals surface area contributed by atoms with E-state index < -0.39 is 10.0 Å². The van der Waals surface area contributed by atoms with Crippen molar-refractivity contribution in [2.24, 2.45) is 0 Å². The van der Waals surface area contributed by atoms with Crippen LogP contribution in [0.3, 0.4) is 0 Å². The number of amides is 1. The molecule has 0 spiro atoms. The van der Waals surface area contributed by atoms with Gasteiger partial charge in [0.25, 0.3) is 5.91 Å². The van der Waals surface area contributed by atoms with Gasteiger partial charge in [0.05, 0.1) is 5.75 Å². The molecular weight excluding hydrogens is 332 g/mol. The van der Waals surface area contributed by atoms with Gasteiger partial charge in [-0.1, -0.05) is 15.9 Å². The summed E-state index contributed by atoms with van der Waals surface area (Å²) in [7, 11) is -3.20. The van der Waals surface area contributed by atoms with E-state index in [0.29, 0.717) is 5.56 Å². The highest BCUT2D eigenvalue weighted by molar-refractivity contribution is 9.10. The first-order chi connectivity index (χ1) is 8.84. The summed E-state index contributed by atoms with van der Waals surface area (Å²) in [5, 5.41) is 2.66. The van der Waals surface area contributed by atoms with Crippen LogP contribution in [0.15, 0.2) is 22.7 Å². The van der Waals surface area contributed by atoms with Crippen LogP contribution in [0.2, 0.25) is 0 Å². The molecule has 0 aliphatic heterocycles. The third-order valence-corrected chi connectivity index (χ3v) is 4.28. The molecule has 0 aliphatic carbocycles. The minimum absolute atomic E-state index is 0.0335. The Morgan fingerprint density at radius 3 is 2.53 bits per heavy atom. The van der Waals surface area contributed by atoms with Gasteiger partial charge >= 0.3 is 0 Å². The van der Waals surface area contributed by atoms with E-state index in [0.717, 1.165) is 10.0 Å². The lowest BCUT2D eigenvalue weighted by molar-refractivity contribution is 0.0954. The summed E-state index contributed by atoms with van der Waals surface area (Å²) in [5.74, 6) is -0.189. The summed E-state index contributed by atoms with van der Waals surface area (Å²) in [5.41, 5.74) is 1.52. The number of nitrogens with one attached hydrogen (secondary N) is 2. The molecule has 0 heterocycles. The summed E-state index contributed by atoms with van der Waals surface area (Å²) >= 11 is 3.33. The molecule has 0 fully saturated rings. The van der Waals surface area contributed by atoms with Crippen molar-refractivity contribution in [1.29, 1.82) is 0 Å². The Bertz CT molecular complexity index is 538. The fraction of sp³-hybridized carbons (Fsp3) is 0.417. The van der Waals surface area contributed by atoms with Crippen molar-refractivity contribution in [3.63, 3.8) is 0 Å². The van der Waals surface area contributed by atoms with E-state index in [4.69, 9.17) is 0 Å². The summed E-state index contributed by atoms with van der Waals surface area (Å²) in [6.07, 6.45) is 0.